The van der Waals surface area contributed by atoms with E-state index in [-0.39, 0.29) is 29.1 Å². The molecular weight excluding hydrogens is 464 g/mol. The fraction of sp³-hybridized carbons (Fsp3) is 0.269. The maximum atomic E-state index is 13.1. The van der Waals surface area contributed by atoms with Gasteiger partial charge in [-0.2, -0.15) is 5.10 Å². The number of rotatable bonds is 8. The van der Waals surface area contributed by atoms with Crippen LogP contribution in [0.2, 0.25) is 0 Å². The Morgan fingerprint density at radius 2 is 1.64 bits per heavy atom. The van der Waals surface area contributed by atoms with Crippen LogP contribution in [0.5, 0.6) is 0 Å². The van der Waals surface area contributed by atoms with Gasteiger partial charge in [0.15, 0.2) is 5.69 Å². The second-order valence-electron chi connectivity index (χ2n) is 8.05. The number of esters is 2. The number of benzene rings is 2. The van der Waals surface area contributed by atoms with Crippen molar-refractivity contribution < 1.29 is 23.9 Å². The predicted octanol–water partition coefficient (Wildman–Crippen LogP) is 2.83. The van der Waals surface area contributed by atoms with Crippen molar-refractivity contribution in [2.24, 2.45) is 0 Å². The summed E-state index contributed by atoms with van der Waals surface area (Å²) in [6, 6.07) is 14.2. The maximum Gasteiger partial charge on any atom is 0.359 e. The number of fused-ring (bicyclic) bond motifs is 1. The Morgan fingerprint density at radius 3 is 2.33 bits per heavy atom. The SMILES string of the molecule is CCCn1nc(C(=O)OCC2=C(C(=O)OCC)[C@H](c3ccccc3)NC(=O)N2)c2ccccc2c1=O. The first kappa shape index (κ1) is 24.6. The van der Waals surface area contributed by atoms with E-state index < -0.39 is 30.6 Å². The number of nitrogens with one attached hydrogen (secondary N) is 2. The number of aromatic nitrogens is 2. The van der Waals surface area contributed by atoms with Crippen LogP contribution >= 0.6 is 0 Å². The summed E-state index contributed by atoms with van der Waals surface area (Å²) in [5.41, 5.74) is 0.567. The van der Waals surface area contributed by atoms with Crippen molar-refractivity contribution in [3.63, 3.8) is 0 Å². The highest BCUT2D eigenvalue weighted by Gasteiger charge is 2.34. The monoisotopic (exact) mass is 490 g/mol. The second-order valence-corrected chi connectivity index (χ2v) is 8.05. The summed E-state index contributed by atoms with van der Waals surface area (Å²) < 4.78 is 12.0. The number of carbonyl (C=O) groups excluding carboxylic acids is 3. The van der Waals surface area contributed by atoms with E-state index in [0.717, 1.165) is 0 Å². The average Bonchev–Trinajstić information content (AvgIpc) is 2.89. The third-order valence-electron chi connectivity index (χ3n) is 5.63. The van der Waals surface area contributed by atoms with Gasteiger partial charge in [-0.05, 0) is 25.0 Å². The molecule has 0 saturated heterocycles. The van der Waals surface area contributed by atoms with Crippen LogP contribution in [0.15, 0.2) is 70.7 Å². The van der Waals surface area contributed by atoms with Crippen molar-refractivity contribution in [2.75, 3.05) is 13.2 Å². The molecule has 2 aromatic carbocycles. The Morgan fingerprint density at radius 1 is 0.944 bits per heavy atom. The summed E-state index contributed by atoms with van der Waals surface area (Å²) in [7, 11) is 0. The summed E-state index contributed by atoms with van der Waals surface area (Å²) in [5, 5.41) is 10.2. The quantitative estimate of drug-likeness (QED) is 0.465. The molecule has 0 spiro atoms. The van der Waals surface area contributed by atoms with E-state index in [2.05, 4.69) is 15.7 Å². The Labute approximate surface area is 206 Å². The van der Waals surface area contributed by atoms with Gasteiger partial charge in [0.1, 0.15) is 6.61 Å². The fourth-order valence-electron chi connectivity index (χ4n) is 4.03. The van der Waals surface area contributed by atoms with Gasteiger partial charge in [0.05, 0.1) is 29.3 Å². The predicted molar refractivity (Wildman–Crippen MR) is 131 cm³/mol. The number of nitrogens with zero attached hydrogens (tertiary/aromatic N) is 2. The molecule has 0 aliphatic carbocycles. The minimum absolute atomic E-state index is 0.0307. The fourth-order valence-corrected chi connectivity index (χ4v) is 4.03. The number of aryl methyl sites for hydroxylation is 1. The lowest BCUT2D eigenvalue weighted by atomic mass is 9.95. The molecule has 36 heavy (non-hydrogen) atoms. The summed E-state index contributed by atoms with van der Waals surface area (Å²) in [5.74, 6) is -1.44. The van der Waals surface area contributed by atoms with Crippen LogP contribution in [0.1, 0.15) is 42.4 Å². The number of hydrogen-bond acceptors (Lipinski definition) is 7. The van der Waals surface area contributed by atoms with Gasteiger partial charge in [0, 0.05) is 11.9 Å². The van der Waals surface area contributed by atoms with Crippen molar-refractivity contribution >= 4 is 28.7 Å². The lowest BCUT2D eigenvalue weighted by Gasteiger charge is -2.29. The first-order chi connectivity index (χ1) is 17.4. The number of hydrogen-bond donors (Lipinski definition) is 2. The van der Waals surface area contributed by atoms with Gasteiger partial charge in [0.25, 0.3) is 5.56 Å². The minimum atomic E-state index is -0.796. The molecule has 0 radical (unpaired) electrons. The molecule has 10 nitrogen and oxygen atoms in total. The third kappa shape index (κ3) is 4.97. The molecule has 2 heterocycles. The lowest BCUT2D eigenvalue weighted by Crippen LogP contribution is -2.47. The molecule has 0 bridgehead atoms. The minimum Gasteiger partial charge on any atom is -0.463 e. The highest BCUT2D eigenvalue weighted by molar-refractivity contribution is 6.02. The van der Waals surface area contributed by atoms with Crippen molar-refractivity contribution in [1.82, 2.24) is 20.4 Å². The normalized spacial score (nSPS) is 15.3. The number of amides is 2. The first-order valence-electron chi connectivity index (χ1n) is 11.6. The van der Waals surface area contributed by atoms with Gasteiger partial charge in [-0.25, -0.2) is 19.1 Å². The summed E-state index contributed by atoms with van der Waals surface area (Å²) >= 11 is 0. The molecule has 0 fully saturated rings. The standard InChI is InChI=1S/C26H26N4O6/c1-3-14-30-23(31)18-13-9-8-12-17(18)22(29-30)25(33)36-15-19-20(24(32)35-4-2)21(28-26(34)27-19)16-10-6-5-7-11-16/h5-13,21H,3-4,14-15H2,1-2H3,(H2,27,28,34)/t21-/m0/s1. The summed E-state index contributed by atoms with van der Waals surface area (Å²) in [4.78, 5) is 51.2. The lowest BCUT2D eigenvalue weighted by molar-refractivity contribution is -0.139. The molecular formula is C26H26N4O6. The van der Waals surface area contributed by atoms with Crippen LogP contribution in [0, 0.1) is 0 Å². The van der Waals surface area contributed by atoms with Crippen LogP contribution in [0.4, 0.5) is 4.79 Å². The molecule has 186 valence electrons. The second kappa shape index (κ2) is 10.9. The molecule has 1 atom stereocenters. The molecule has 3 aromatic rings. The van der Waals surface area contributed by atoms with Crippen LogP contribution in [-0.2, 0) is 20.8 Å². The Bertz CT molecular complexity index is 1400. The van der Waals surface area contributed by atoms with Crippen LogP contribution in [-0.4, -0.2) is 41.0 Å². The van der Waals surface area contributed by atoms with E-state index in [1.165, 1.54) is 4.68 Å². The molecule has 1 aliphatic rings. The van der Waals surface area contributed by atoms with E-state index in [1.807, 2.05) is 13.0 Å². The Kier molecular flexibility index (Phi) is 7.43. The van der Waals surface area contributed by atoms with Crippen LogP contribution in [0.3, 0.4) is 0 Å². The first-order valence-corrected chi connectivity index (χ1v) is 11.6. The molecule has 0 unspecified atom stereocenters. The highest BCUT2D eigenvalue weighted by atomic mass is 16.5. The van der Waals surface area contributed by atoms with Crippen molar-refractivity contribution in [3.05, 3.63) is 87.5 Å². The van der Waals surface area contributed by atoms with E-state index in [0.29, 0.717) is 29.3 Å². The maximum absolute atomic E-state index is 13.1. The van der Waals surface area contributed by atoms with Crippen LogP contribution in [0.25, 0.3) is 10.8 Å². The summed E-state index contributed by atoms with van der Waals surface area (Å²) in [6.07, 6.45) is 0.648. The molecule has 4 rings (SSSR count). The zero-order chi connectivity index (χ0) is 25.7. The van der Waals surface area contributed by atoms with E-state index >= 15 is 0 Å². The van der Waals surface area contributed by atoms with Gasteiger partial charge in [-0.15, -0.1) is 0 Å². The van der Waals surface area contributed by atoms with Gasteiger partial charge in [-0.1, -0.05) is 55.5 Å². The zero-order valence-electron chi connectivity index (χ0n) is 19.9. The molecule has 10 heteroatoms. The van der Waals surface area contributed by atoms with Gasteiger partial charge in [-0.3, -0.25) is 4.79 Å². The highest BCUT2D eigenvalue weighted by Crippen LogP contribution is 2.28. The summed E-state index contributed by atoms with van der Waals surface area (Å²) in [6.45, 7) is 3.62. The zero-order valence-corrected chi connectivity index (χ0v) is 19.9. The van der Waals surface area contributed by atoms with E-state index in [1.54, 1.807) is 55.5 Å². The van der Waals surface area contributed by atoms with Gasteiger partial charge >= 0.3 is 18.0 Å². The number of urea groups is 1. The number of ether oxygens (including phenoxy) is 2. The van der Waals surface area contributed by atoms with E-state index in [9.17, 15) is 19.2 Å². The third-order valence-corrected chi connectivity index (χ3v) is 5.63. The van der Waals surface area contributed by atoms with Crippen molar-refractivity contribution in [1.29, 1.82) is 0 Å². The van der Waals surface area contributed by atoms with Gasteiger partial charge in [0.2, 0.25) is 0 Å². The number of carbonyl (C=O) groups is 3. The molecule has 0 saturated carbocycles. The Balaban J connectivity index is 1.70. The molecule has 1 aromatic heterocycles. The smallest absolute Gasteiger partial charge is 0.359 e. The van der Waals surface area contributed by atoms with E-state index in [4.69, 9.17) is 9.47 Å². The Hall–Kier alpha value is -4.47. The average molecular weight is 491 g/mol. The van der Waals surface area contributed by atoms with Crippen LogP contribution < -0.4 is 16.2 Å². The topological polar surface area (TPSA) is 129 Å². The molecule has 2 amide bonds. The van der Waals surface area contributed by atoms with Crippen molar-refractivity contribution in [3.8, 4) is 0 Å². The molecule has 2 N–H and O–H groups in total. The largest absolute Gasteiger partial charge is 0.463 e. The molecule has 1 aliphatic heterocycles. The van der Waals surface area contributed by atoms with Crippen molar-refractivity contribution in [2.45, 2.75) is 32.9 Å². The van der Waals surface area contributed by atoms with Gasteiger partial charge < -0.3 is 20.1 Å².